The standard InChI is InChI=1S/C15H13F2NOS/c1-2-18(11-5-3-10(16)4-6-11)15(19)13-9-12(20)7-8-14(13)17/h3-9,20H,2H2,1H3. The molecule has 0 heterocycles. The van der Waals surface area contributed by atoms with Gasteiger partial charge in [-0.2, -0.15) is 0 Å². The van der Waals surface area contributed by atoms with Crippen LogP contribution in [0.2, 0.25) is 0 Å². The molecule has 104 valence electrons. The molecule has 0 spiro atoms. The molecule has 20 heavy (non-hydrogen) atoms. The highest BCUT2D eigenvalue weighted by atomic mass is 32.1. The van der Waals surface area contributed by atoms with Crippen LogP contribution in [0.1, 0.15) is 17.3 Å². The molecule has 2 aromatic carbocycles. The highest BCUT2D eigenvalue weighted by Gasteiger charge is 2.19. The van der Waals surface area contributed by atoms with E-state index in [0.29, 0.717) is 17.1 Å². The van der Waals surface area contributed by atoms with Crippen LogP contribution in [0, 0.1) is 11.6 Å². The van der Waals surface area contributed by atoms with Crippen LogP contribution in [0.5, 0.6) is 0 Å². The van der Waals surface area contributed by atoms with Gasteiger partial charge < -0.3 is 4.90 Å². The van der Waals surface area contributed by atoms with Crippen LogP contribution in [-0.2, 0) is 0 Å². The van der Waals surface area contributed by atoms with E-state index in [1.807, 2.05) is 0 Å². The summed E-state index contributed by atoms with van der Waals surface area (Å²) in [5, 5.41) is 0. The van der Waals surface area contributed by atoms with Gasteiger partial charge in [0.15, 0.2) is 0 Å². The lowest BCUT2D eigenvalue weighted by Crippen LogP contribution is -2.31. The first-order valence-corrected chi connectivity index (χ1v) is 6.53. The maximum absolute atomic E-state index is 13.8. The molecule has 0 radical (unpaired) electrons. The van der Waals surface area contributed by atoms with Gasteiger partial charge in [0.1, 0.15) is 11.6 Å². The molecule has 1 amide bonds. The van der Waals surface area contributed by atoms with Crippen LogP contribution < -0.4 is 4.90 Å². The number of carbonyl (C=O) groups excluding carboxylic acids is 1. The molecule has 5 heteroatoms. The molecule has 0 atom stereocenters. The predicted molar refractivity (Wildman–Crippen MR) is 77.4 cm³/mol. The van der Waals surface area contributed by atoms with E-state index in [2.05, 4.69) is 12.6 Å². The number of nitrogens with zero attached hydrogens (tertiary/aromatic N) is 1. The smallest absolute Gasteiger partial charge is 0.261 e. The third kappa shape index (κ3) is 2.99. The first kappa shape index (κ1) is 14.5. The van der Waals surface area contributed by atoms with E-state index < -0.39 is 11.7 Å². The second-order valence-corrected chi connectivity index (χ2v) is 4.71. The lowest BCUT2D eigenvalue weighted by molar-refractivity contribution is 0.0984. The van der Waals surface area contributed by atoms with Crippen molar-refractivity contribution in [1.82, 2.24) is 0 Å². The molecule has 0 aromatic heterocycles. The molecule has 0 fully saturated rings. The average molecular weight is 293 g/mol. The van der Waals surface area contributed by atoms with Gasteiger partial charge in [-0.15, -0.1) is 12.6 Å². The van der Waals surface area contributed by atoms with Gasteiger partial charge >= 0.3 is 0 Å². The fourth-order valence-corrected chi connectivity index (χ4v) is 2.09. The summed E-state index contributed by atoms with van der Waals surface area (Å²) in [6, 6.07) is 9.55. The zero-order valence-electron chi connectivity index (χ0n) is 10.8. The Balaban J connectivity index is 2.38. The van der Waals surface area contributed by atoms with E-state index in [0.717, 1.165) is 0 Å². The number of amides is 1. The SMILES string of the molecule is CCN(C(=O)c1cc(S)ccc1F)c1ccc(F)cc1. The Bertz CT molecular complexity index is 628. The summed E-state index contributed by atoms with van der Waals surface area (Å²) < 4.78 is 26.7. The maximum atomic E-state index is 13.8. The lowest BCUT2D eigenvalue weighted by Gasteiger charge is -2.21. The molecular formula is C15H13F2NOS. The van der Waals surface area contributed by atoms with E-state index in [-0.39, 0.29) is 11.4 Å². The van der Waals surface area contributed by atoms with Crippen molar-refractivity contribution in [3.05, 3.63) is 59.7 Å². The Hall–Kier alpha value is -1.88. The summed E-state index contributed by atoms with van der Waals surface area (Å²) in [7, 11) is 0. The number of carbonyl (C=O) groups is 1. The van der Waals surface area contributed by atoms with Gasteiger partial charge in [-0.05, 0) is 49.4 Å². The molecule has 2 nitrogen and oxygen atoms in total. The second-order valence-electron chi connectivity index (χ2n) is 4.19. The molecule has 0 N–H and O–H groups in total. The Labute approximate surface area is 121 Å². The van der Waals surface area contributed by atoms with Crippen LogP contribution in [0.4, 0.5) is 14.5 Å². The van der Waals surface area contributed by atoms with Gasteiger partial charge in [0.05, 0.1) is 5.56 Å². The highest BCUT2D eigenvalue weighted by molar-refractivity contribution is 7.80. The van der Waals surface area contributed by atoms with E-state index in [4.69, 9.17) is 0 Å². The molecule has 0 aliphatic heterocycles. The fourth-order valence-electron chi connectivity index (χ4n) is 1.89. The summed E-state index contributed by atoms with van der Waals surface area (Å²) in [6.45, 7) is 2.12. The Morgan fingerprint density at radius 2 is 1.80 bits per heavy atom. The van der Waals surface area contributed by atoms with Crippen molar-refractivity contribution >= 4 is 24.2 Å². The normalized spacial score (nSPS) is 10.4. The number of hydrogen-bond acceptors (Lipinski definition) is 2. The summed E-state index contributed by atoms with van der Waals surface area (Å²) in [5.41, 5.74) is 0.464. The van der Waals surface area contributed by atoms with Crippen LogP contribution in [-0.4, -0.2) is 12.5 Å². The number of benzene rings is 2. The van der Waals surface area contributed by atoms with Crippen molar-refractivity contribution in [2.24, 2.45) is 0 Å². The van der Waals surface area contributed by atoms with Crippen molar-refractivity contribution in [2.45, 2.75) is 11.8 Å². The molecule has 0 saturated carbocycles. The van der Waals surface area contributed by atoms with Gasteiger partial charge in [-0.25, -0.2) is 8.78 Å². The Morgan fingerprint density at radius 1 is 1.15 bits per heavy atom. The van der Waals surface area contributed by atoms with E-state index in [1.54, 1.807) is 6.92 Å². The molecular weight excluding hydrogens is 280 g/mol. The number of thiol groups is 1. The molecule has 2 aromatic rings. The molecule has 0 aliphatic carbocycles. The van der Waals surface area contributed by atoms with Crippen LogP contribution >= 0.6 is 12.6 Å². The van der Waals surface area contributed by atoms with Crippen LogP contribution in [0.25, 0.3) is 0 Å². The molecule has 0 bridgehead atoms. The van der Waals surface area contributed by atoms with Crippen molar-refractivity contribution in [3.8, 4) is 0 Å². The first-order chi connectivity index (χ1) is 9.52. The van der Waals surface area contributed by atoms with Crippen molar-refractivity contribution in [1.29, 1.82) is 0 Å². The molecule has 0 aliphatic rings. The third-order valence-corrected chi connectivity index (χ3v) is 3.16. The topological polar surface area (TPSA) is 20.3 Å². The number of hydrogen-bond donors (Lipinski definition) is 1. The molecule has 2 rings (SSSR count). The fraction of sp³-hybridized carbons (Fsp3) is 0.133. The maximum Gasteiger partial charge on any atom is 0.261 e. The van der Waals surface area contributed by atoms with Crippen LogP contribution in [0.3, 0.4) is 0 Å². The van der Waals surface area contributed by atoms with Gasteiger partial charge in [0, 0.05) is 17.1 Å². The van der Waals surface area contributed by atoms with Gasteiger partial charge in [0.25, 0.3) is 5.91 Å². The summed E-state index contributed by atoms with van der Waals surface area (Å²) in [4.78, 5) is 14.3. The average Bonchev–Trinajstić information content (AvgIpc) is 2.44. The Morgan fingerprint density at radius 3 is 2.40 bits per heavy atom. The summed E-state index contributed by atoms with van der Waals surface area (Å²) in [6.07, 6.45) is 0. The lowest BCUT2D eigenvalue weighted by atomic mass is 10.1. The largest absolute Gasteiger partial charge is 0.309 e. The number of anilines is 1. The quantitative estimate of drug-likeness (QED) is 0.850. The summed E-state index contributed by atoms with van der Waals surface area (Å²) >= 11 is 4.11. The van der Waals surface area contributed by atoms with E-state index in [9.17, 15) is 13.6 Å². The van der Waals surface area contributed by atoms with Gasteiger partial charge in [-0.3, -0.25) is 4.79 Å². The molecule has 0 saturated heterocycles. The summed E-state index contributed by atoms with van der Waals surface area (Å²) in [5.74, 6) is -1.47. The van der Waals surface area contributed by atoms with Crippen LogP contribution in [0.15, 0.2) is 47.4 Å². The molecule has 0 unspecified atom stereocenters. The number of rotatable bonds is 3. The van der Waals surface area contributed by atoms with Gasteiger partial charge in [-0.1, -0.05) is 0 Å². The number of halogens is 2. The minimum absolute atomic E-state index is 0.0522. The minimum Gasteiger partial charge on any atom is -0.309 e. The van der Waals surface area contributed by atoms with E-state index >= 15 is 0 Å². The predicted octanol–water partition coefficient (Wildman–Crippen LogP) is 3.92. The van der Waals surface area contributed by atoms with Crippen molar-refractivity contribution < 1.29 is 13.6 Å². The zero-order valence-corrected chi connectivity index (χ0v) is 11.7. The zero-order chi connectivity index (χ0) is 14.7. The second kappa shape index (κ2) is 6.05. The van der Waals surface area contributed by atoms with Gasteiger partial charge in [0.2, 0.25) is 0 Å². The minimum atomic E-state index is -0.603. The highest BCUT2D eigenvalue weighted by Crippen LogP contribution is 2.21. The van der Waals surface area contributed by atoms with E-state index in [1.165, 1.54) is 47.4 Å². The third-order valence-electron chi connectivity index (χ3n) is 2.88. The Kier molecular flexibility index (Phi) is 4.39. The van der Waals surface area contributed by atoms with Crippen molar-refractivity contribution in [3.63, 3.8) is 0 Å². The monoisotopic (exact) mass is 293 g/mol. The first-order valence-electron chi connectivity index (χ1n) is 6.09. The van der Waals surface area contributed by atoms with Crippen molar-refractivity contribution in [2.75, 3.05) is 11.4 Å².